The van der Waals surface area contributed by atoms with E-state index in [1.54, 1.807) is 17.4 Å². The van der Waals surface area contributed by atoms with Gasteiger partial charge in [-0.05, 0) is 64.9 Å². The molecule has 0 atom stereocenters. The number of aryl methyl sites for hydroxylation is 1. The van der Waals surface area contributed by atoms with Gasteiger partial charge in [-0.3, -0.25) is 14.4 Å². The minimum absolute atomic E-state index is 0.107. The summed E-state index contributed by atoms with van der Waals surface area (Å²) in [5, 5.41) is 9.31. The van der Waals surface area contributed by atoms with E-state index in [4.69, 9.17) is 0 Å². The predicted octanol–water partition coefficient (Wildman–Crippen LogP) is 1.88. The third kappa shape index (κ3) is 3.22. The Bertz CT molecular complexity index is 876. The molecule has 0 saturated heterocycles. The zero-order valence-electron chi connectivity index (χ0n) is 14.2. The summed E-state index contributed by atoms with van der Waals surface area (Å²) in [5.74, 6) is -1.22. The number of nitrogens with one attached hydrogen (secondary N) is 2. The van der Waals surface area contributed by atoms with Crippen molar-refractivity contribution in [3.63, 3.8) is 0 Å². The van der Waals surface area contributed by atoms with Gasteiger partial charge in [0.05, 0.1) is 12.1 Å². The van der Waals surface area contributed by atoms with Gasteiger partial charge in [0, 0.05) is 18.8 Å². The molecule has 0 radical (unpaired) electrons. The molecule has 3 heterocycles. The molecule has 2 N–H and O–H groups in total. The Kier molecular flexibility index (Phi) is 4.46. The number of hydrogen-bond acceptors (Lipinski definition) is 4. The van der Waals surface area contributed by atoms with Gasteiger partial charge < -0.3 is 15.5 Å². The van der Waals surface area contributed by atoms with Crippen molar-refractivity contribution in [2.75, 3.05) is 23.3 Å². The summed E-state index contributed by atoms with van der Waals surface area (Å²) < 4.78 is 0. The summed E-state index contributed by atoms with van der Waals surface area (Å²) in [6.07, 6.45) is 2.85. The highest BCUT2D eigenvalue weighted by Crippen LogP contribution is 2.38. The van der Waals surface area contributed by atoms with Crippen molar-refractivity contribution in [3.05, 3.63) is 45.6 Å². The van der Waals surface area contributed by atoms with Crippen molar-refractivity contribution >= 4 is 40.4 Å². The fraction of sp³-hybridized carbons (Fsp3) is 0.316. The molecular weight excluding hydrogens is 350 g/mol. The highest BCUT2D eigenvalue weighted by atomic mass is 32.1. The maximum Gasteiger partial charge on any atom is 0.313 e. The Hall–Kier alpha value is -2.67. The monoisotopic (exact) mass is 369 g/mol. The van der Waals surface area contributed by atoms with E-state index in [1.165, 1.54) is 0 Å². The normalized spacial score (nSPS) is 14.9. The summed E-state index contributed by atoms with van der Waals surface area (Å²) in [4.78, 5) is 38.1. The van der Waals surface area contributed by atoms with E-state index in [0.29, 0.717) is 25.1 Å². The highest BCUT2D eigenvalue weighted by molar-refractivity contribution is 7.07. The Morgan fingerprint density at radius 1 is 1.19 bits per heavy atom. The van der Waals surface area contributed by atoms with Crippen molar-refractivity contribution in [1.29, 1.82) is 0 Å². The molecule has 0 saturated carbocycles. The standard InChI is InChI=1S/C19H19N3O3S/c23-16-10-14-9-15(8-13-2-1-6-22(16)17(13)14)21-19(25)18(24)20-5-3-12-4-7-26-11-12/h4,7-9,11H,1-3,5-6,10H2,(H,20,24)(H,21,25). The van der Waals surface area contributed by atoms with Gasteiger partial charge in [0.25, 0.3) is 0 Å². The first-order valence-electron chi connectivity index (χ1n) is 8.68. The number of carbonyl (C=O) groups is 3. The minimum atomic E-state index is -0.681. The quantitative estimate of drug-likeness (QED) is 0.808. The molecule has 0 spiro atoms. The highest BCUT2D eigenvalue weighted by Gasteiger charge is 2.32. The van der Waals surface area contributed by atoms with Crippen LogP contribution in [0.15, 0.2) is 29.0 Å². The van der Waals surface area contributed by atoms with E-state index < -0.39 is 11.8 Å². The second-order valence-electron chi connectivity index (χ2n) is 6.56. The Balaban J connectivity index is 1.39. The first-order valence-corrected chi connectivity index (χ1v) is 9.62. The number of nitrogens with zero attached hydrogens (tertiary/aromatic N) is 1. The van der Waals surface area contributed by atoms with E-state index in [1.807, 2.05) is 27.8 Å². The minimum Gasteiger partial charge on any atom is -0.347 e. The molecule has 2 aliphatic heterocycles. The van der Waals surface area contributed by atoms with Crippen molar-refractivity contribution in [2.24, 2.45) is 0 Å². The van der Waals surface area contributed by atoms with Crippen LogP contribution in [0.4, 0.5) is 11.4 Å². The van der Waals surface area contributed by atoms with E-state index in [0.717, 1.165) is 41.8 Å². The van der Waals surface area contributed by atoms with Crippen LogP contribution in [-0.4, -0.2) is 30.8 Å². The first-order chi connectivity index (χ1) is 12.6. The third-order valence-electron chi connectivity index (χ3n) is 4.75. The Labute approximate surface area is 155 Å². The lowest BCUT2D eigenvalue weighted by Gasteiger charge is -2.26. The lowest BCUT2D eigenvalue weighted by Crippen LogP contribution is -2.36. The van der Waals surface area contributed by atoms with Crippen LogP contribution in [-0.2, 0) is 33.6 Å². The van der Waals surface area contributed by atoms with Crippen LogP contribution in [0.5, 0.6) is 0 Å². The van der Waals surface area contributed by atoms with Crippen LogP contribution < -0.4 is 15.5 Å². The molecule has 2 aromatic rings. The van der Waals surface area contributed by atoms with Crippen molar-refractivity contribution in [3.8, 4) is 0 Å². The Morgan fingerprint density at radius 2 is 2.04 bits per heavy atom. The average Bonchev–Trinajstić information content (AvgIpc) is 3.24. The summed E-state index contributed by atoms with van der Waals surface area (Å²) in [7, 11) is 0. The fourth-order valence-electron chi connectivity index (χ4n) is 3.57. The molecule has 6 nitrogen and oxygen atoms in total. The summed E-state index contributed by atoms with van der Waals surface area (Å²) in [5.41, 5.74) is 4.71. The number of amides is 3. The molecule has 0 fully saturated rings. The van der Waals surface area contributed by atoms with Crippen LogP contribution in [0.25, 0.3) is 0 Å². The molecule has 0 unspecified atom stereocenters. The summed E-state index contributed by atoms with van der Waals surface area (Å²) in [6.45, 7) is 1.18. The van der Waals surface area contributed by atoms with Crippen LogP contribution in [0.3, 0.4) is 0 Å². The second kappa shape index (κ2) is 6.92. The third-order valence-corrected chi connectivity index (χ3v) is 5.48. The lowest BCUT2D eigenvalue weighted by atomic mass is 9.99. The van der Waals surface area contributed by atoms with Crippen molar-refractivity contribution in [1.82, 2.24) is 5.32 Å². The molecule has 3 amide bonds. The topological polar surface area (TPSA) is 78.5 Å². The predicted molar refractivity (Wildman–Crippen MR) is 100 cm³/mol. The molecule has 0 aliphatic carbocycles. The molecule has 1 aromatic heterocycles. The van der Waals surface area contributed by atoms with Crippen LogP contribution in [0.1, 0.15) is 23.1 Å². The molecular formula is C19H19N3O3S. The SMILES string of the molecule is O=C(NCCc1ccsc1)C(=O)Nc1cc2c3c(c1)CC(=O)N3CCC2. The van der Waals surface area contributed by atoms with Gasteiger partial charge in [0.1, 0.15) is 0 Å². The van der Waals surface area contributed by atoms with E-state index in [-0.39, 0.29) is 5.91 Å². The van der Waals surface area contributed by atoms with E-state index >= 15 is 0 Å². The van der Waals surface area contributed by atoms with Crippen LogP contribution in [0, 0.1) is 0 Å². The smallest absolute Gasteiger partial charge is 0.313 e. The van der Waals surface area contributed by atoms with Crippen LogP contribution in [0.2, 0.25) is 0 Å². The number of rotatable bonds is 4. The zero-order chi connectivity index (χ0) is 18.1. The average molecular weight is 369 g/mol. The van der Waals surface area contributed by atoms with Gasteiger partial charge in [0.15, 0.2) is 0 Å². The number of carbonyl (C=O) groups excluding carboxylic acids is 3. The molecule has 2 aliphatic rings. The zero-order valence-corrected chi connectivity index (χ0v) is 15.0. The molecule has 1 aromatic carbocycles. The van der Waals surface area contributed by atoms with Gasteiger partial charge in [-0.25, -0.2) is 0 Å². The molecule has 7 heteroatoms. The number of hydrogen-bond donors (Lipinski definition) is 2. The summed E-state index contributed by atoms with van der Waals surface area (Å²) in [6, 6.07) is 5.68. The van der Waals surface area contributed by atoms with Gasteiger partial charge in [-0.15, -0.1) is 0 Å². The second-order valence-corrected chi connectivity index (χ2v) is 7.34. The van der Waals surface area contributed by atoms with Crippen LogP contribution >= 0.6 is 11.3 Å². The van der Waals surface area contributed by atoms with Gasteiger partial charge in [-0.2, -0.15) is 11.3 Å². The maximum atomic E-state index is 12.1. The van der Waals surface area contributed by atoms with Crippen molar-refractivity contribution in [2.45, 2.75) is 25.7 Å². The van der Waals surface area contributed by atoms with E-state index in [9.17, 15) is 14.4 Å². The lowest BCUT2D eigenvalue weighted by molar-refractivity contribution is -0.136. The molecule has 26 heavy (non-hydrogen) atoms. The molecule has 0 bridgehead atoms. The fourth-order valence-corrected chi connectivity index (χ4v) is 4.28. The largest absolute Gasteiger partial charge is 0.347 e. The van der Waals surface area contributed by atoms with E-state index in [2.05, 4.69) is 10.6 Å². The molecule has 134 valence electrons. The van der Waals surface area contributed by atoms with Gasteiger partial charge in [-0.1, -0.05) is 0 Å². The van der Waals surface area contributed by atoms with Gasteiger partial charge >= 0.3 is 11.8 Å². The number of benzene rings is 1. The summed E-state index contributed by atoms with van der Waals surface area (Å²) >= 11 is 1.61. The number of anilines is 2. The number of thiophene rings is 1. The Morgan fingerprint density at radius 3 is 2.85 bits per heavy atom. The maximum absolute atomic E-state index is 12.1. The van der Waals surface area contributed by atoms with Gasteiger partial charge in [0.2, 0.25) is 5.91 Å². The first kappa shape index (κ1) is 16.8. The van der Waals surface area contributed by atoms with Crippen molar-refractivity contribution < 1.29 is 14.4 Å². The molecule has 4 rings (SSSR count).